The molecule has 0 aliphatic carbocycles. The van der Waals surface area contributed by atoms with Gasteiger partial charge in [-0.3, -0.25) is 14.6 Å². The summed E-state index contributed by atoms with van der Waals surface area (Å²) in [6.07, 6.45) is 1.28. The number of aromatic nitrogens is 1. The third-order valence-electron chi connectivity index (χ3n) is 1.76. The van der Waals surface area contributed by atoms with Crippen LogP contribution in [0.3, 0.4) is 0 Å². The normalized spacial score (nSPS) is 9.41. The molecule has 8 nitrogen and oxygen atoms in total. The lowest BCUT2D eigenvalue weighted by molar-refractivity contribution is -0.115. The van der Waals surface area contributed by atoms with Crippen LogP contribution in [0.5, 0.6) is 0 Å². The molecule has 90 valence electrons. The molecular weight excluding hydrogens is 228 g/mol. The number of carbonyl (C=O) groups excluding carboxylic acids is 2. The van der Waals surface area contributed by atoms with Crippen LogP contribution in [0.2, 0.25) is 0 Å². The van der Waals surface area contributed by atoms with Gasteiger partial charge in [0.15, 0.2) is 0 Å². The molecule has 0 bridgehead atoms. The van der Waals surface area contributed by atoms with Gasteiger partial charge < -0.3 is 21.5 Å². The molecule has 17 heavy (non-hydrogen) atoms. The molecule has 0 radical (unpaired) electrons. The summed E-state index contributed by atoms with van der Waals surface area (Å²) in [4.78, 5) is 36.1. The van der Waals surface area contributed by atoms with Crippen molar-refractivity contribution in [3.63, 3.8) is 0 Å². The molecule has 1 rings (SSSR count). The number of amides is 3. The Bertz CT molecular complexity index is 460. The quantitative estimate of drug-likeness (QED) is 0.554. The second kappa shape index (κ2) is 5.45. The van der Waals surface area contributed by atoms with Crippen molar-refractivity contribution in [2.45, 2.75) is 0 Å². The number of nitrogens with one attached hydrogen (secondary N) is 2. The fraction of sp³-hybridized carbons (Fsp3) is 0.111. The zero-order valence-corrected chi connectivity index (χ0v) is 8.64. The number of hydrogen-bond acceptors (Lipinski definition) is 4. The fourth-order valence-electron chi connectivity index (χ4n) is 1.06. The highest BCUT2D eigenvalue weighted by molar-refractivity contribution is 6.03. The van der Waals surface area contributed by atoms with E-state index >= 15 is 0 Å². The van der Waals surface area contributed by atoms with Gasteiger partial charge >= 0.3 is 6.09 Å². The number of carbonyl (C=O) groups is 3. The first kappa shape index (κ1) is 12.4. The van der Waals surface area contributed by atoms with Gasteiger partial charge in [0.25, 0.3) is 5.91 Å². The van der Waals surface area contributed by atoms with E-state index in [1.165, 1.54) is 18.5 Å². The molecule has 3 amide bonds. The fourth-order valence-corrected chi connectivity index (χ4v) is 1.06. The number of pyridine rings is 1. The van der Waals surface area contributed by atoms with Crippen LogP contribution >= 0.6 is 0 Å². The van der Waals surface area contributed by atoms with Gasteiger partial charge in [0.05, 0.1) is 17.4 Å². The van der Waals surface area contributed by atoms with Crippen LogP contribution < -0.4 is 16.4 Å². The summed E-state index contributed by atoms with van der Waals surface area (Å²) in [5.41, 5.74) is 5.32. The highest BCUT2D eigenvalue weighted by Crippen LogP contribution is 2.11. The Hall–Kier alpha value is -2.64. The largest absolute Gasteiger partial charge is 0.465 e. The number of rotatable bonds is 4. The van der Waals surface area contributed by atoms with Gasteiger partial charge in [0.1, 0.15) is 6.54 Å². The second-order valence-electron chi connectivity index (χ2n) is 2.99. The monoisotopic (exact) mass is 238 g/mol. The van der Waals surface area contributed by atoms with E-state index in [9.17, 15) is 14.4 Å². The Morgan fingerprint density at radius 3 is 2.71 bits per heavy atom. The van der Waals surface area contributed by atoms with Crippen LogP contribution in [-0.4, -0.2) is 34.5 Å². The maximum atomic E-state index is 11.3. The van der Waals surface area contributed by atoms with Crippen molar-refractivity contribution in [2.75, 3.05) is 11.9 Å². The zero-order chi connectivity index (χ0) is 12.8. The minimum absolute atomic E-state index is 0.101. The Balaban J connectivity index is 2.71. The topological polar surface area (TPSA) is 134 Å². The van der Waals surface area contributed by atoms with Crippen LogP contribution in [0, 0.1) is 0 Å². The first-order chi connectivity index (χ1) is 8.00. The minimum atomic E-state index is -1.32. The first-order valence-corrected chi connectivity index (χ1v) is 4.51. The lowest BCUT2D eigenvalue weighted by atomic mass is 10.2. The molecule has 0 fully saturated rings. The molecule has 1 heterocycles. The standard InChI is InChI=1S/C9H10N4O4/c10-8(15)5-1-2-11-3-6(5)13-7(14)4-12-9(16)17/h1-3,12H,4H2,(H2,10,15)(H,13,14)(H,16,17). The van der Waals surface area contributed by atoms with E-state index in [1.807, 2.05) is 5.32 Å². The van der Waals surface area contributed by atoms with Gasteiger partial charge in [-0.25, -0.2) is 4.79 Å². The van der Waals surface area contributed by atoms with Gasteiger partial charge in [-0.15, -0.1) is 0 Å². The molecule has 0 atom stereocenters. The minimum Gasteiger partial charge on any atom is -0.465 e. The summed E-state index contributed by atoms with van der Waals surface area (Å²) in [6.45, 7) is -0.428. The molecule has 0 saturated heterocycles. The van der Waals surface area contributed by atoms with Gasteiger partial charge in [-0.2, -0.15) is 0 Å². The Morgan fingerprint density at radius 2 is 2.12 bits per heavy atom. The van der Waals surface area contributed by atoms with Crippen molar-refractivity contribution in [1.82, 2.24) is 10.3 Å². The summed E-state index contributed by atoms with van der Waals surface area (Å²) in [5, 5.41) is 12.5. The maximum Gasteiger partial charge on any atom is 0.405 e. The average Bonchev–Trinajstić information content (AvgIpc) is 2.27. The van der Waals surface area contributed by atoms with E-state index in [-0.39, 0.29) is 11.3 Å². The van der Waals surface area contributed by atoms with E-state index < -0.39 is 24.5 Å². The van der Waals surface area contributed by atoms with Crippen LogP contribution in [0.4, 0.5) is 10.5 Å². The zero-order valence-electron chi connectivity index (χ0n) is 8.64. The number of nitrogens with zero attached hydrogens (tertiary/aromatic N) is 1. The number of anilines is 1. The smallest absolute Gasteiger partial charge is 0.405 e. The van der Waals surface area contributed by atoms with Crippen molar-refractivity contribution < 1.29 is 19.5 Å². The predicted octanol–water partition coefficient (Wildman–Crippen LogP) is -0.613. The Morgan fingerprint density at radius 1 is 1.41 bits per heavy atom. The summed E-state index contributed by atoms with van der Waals surface area (Å²) in [5.74, 6) is -1.34. The molecular formula is C9H10N4O4. The Labute approximate surface area is 95.8 Å². The highest BCUT2D eigenvalue weighted by atomic mass is 16.4. The SMILES string of the molecule is NC(=O)c1ccncc1NC(=O)CNC(=O)O. The molecule has 8 heteroatoms. The molecule has 0 saturated carbocycles. The van der Waals surface area contributed by atoms with Crippen molar-refractivity contribution >= 4 is 23.6 Å². The van der Waals surface area contributed by atoms with Gasteiger partial charge in [-0.05, 0) is 6.07 Å². The average molecular weight is 238 g/mol. The second-order valence-corrected chi connectivity index (χ2v) is 2.99. The molecule has 5 N–H and O–H groups in total. The maximum absolute atomic E-state index is 11.3. The summed E-state index contributed by atoms with van der Waals surface area (Å²) < 4.78 is 0. The number of primary amides is 1. The molecule has 0 aliphatic heterocycles. The van der Waals surface area contributed by atoms with Gasteiger partial charge in [0.2, 0.25) is 5.91 Å². The lowest BCUT2D eigenvalue weighted by Crippen LogP contribution is -2.32. The van der Waals surface area contributed by atoms with E-state index in [1.54, 1.807) is 0 Å². The third kappa shape index (κ3) is 3.78. The lowest BCUT2D eigenvalue weighted by Gasteiger charge is -2.07. The molecule has 1 aromatic heterocycles. The molecule has 0 spiro atoms. The Kier molecular flexibility index (Phi) is 3.98. The van der Waals surface area contributed by atoms with Crippen molar-refractivity contribution in [2.24, 2.45) is 5.73 Å². The number of nitrogens with two attached hydrogens (primary N) is 1. The summed E-state index contributed by atoms with van der Waals surface area (Å²) in [6, 6.07) is 1.35. The van der Waals surface area contributed by atoms with Gasteiger partial charge in [-0.1, -0.05) is 0 Å². The van der Waals surface area contributed by atoms with Crippen molar-refractivity contribution in [3.8, 4) is 0 Å². The highest BCUT2D eigenvalue weighted by Gasteiger charge is 2.11. The molecule has 0 aromatic carbocycles. The van der Waals surface area contributed by atoms with Crippen LogP contribution in [0.1, 0.15) is 10.4 Å². The van der Waals surface area contributed by atoms with E-state index in [0.29, 0.717) is 0 Å². The van der Waals surface area contributed by atoms with Crippen LogP contribution in [-0.2, 0) is 4.79 Å². The summed E-state index contributed by atoms with van der Waals surface area (Å²) >= 11 is 0. The van der Waals surface area contributed by atoms with Crippen molar-refractivity contribution in [1.29, 1.82) is 0 Å². The van der Waals surface area contributed by atoms with E-state index in [0.717, 1.165) is 0 Å². The predicted molar refractivity (Wildman–Crippen MR) is 57.4 cm³/mol. The van der Waals surface area contributed by atoms with Crippen LogP contribution in [0.25, 0.3) is 0 Å². The molecule has 0 unspecified atom stereocenters. The first-order valence-electron chi connectivity index (χ1n) is 4.51. The molecule has 0 aliphatic rings. The third-order valence-corrected chi connectivity index (χ3v) is 1.76. The summed E-state index contributed by atoms with van der Waals surface area (Å²) in [7, 11) is 0. The van der Waals surface area contributed by atoms with E-state index in [2.05, 4.69) is 10.3 Å². The molecule has 1 aromatic rings. The van der Waals surface area contributed by atoms with Gasteiger partial charge in [0, 0.05) is 6.20 Å². The number of carboxylic acid groups (broad SMARTS) is 1. The number of hydrogen-bond donors (Lipinski definition) is 4. The van der Waals surface area contributed by atoms with E-state index in [4.69, 9.17) is 10.8 Å². The van der Waals surface area contributed by atoms with Crippen LogP contribution in [0.15, 0.2) is 18.5 Å². The van der Waals surface area contributed by atoms with Crippen molar-refractivity contribution in [3.05, 3.63) is 24.0 Å².